The monoisotopic (exact) mass is 256 g/mol. The zero-order valence-electron chi connectivity index (χ0n) is 11.1. The summed E-state index contributed by atoms with van der Waals surface area (Å²) in [4.78, 5) is 12.2. The van der Waals surface area contributed by atoms with E-state index in [1.54, 1.807) is 0 Å². The predicted octanol–water partition coefficient (Wildman–Crippen LogP) is 2.37. The average molecular weight is 256 g/mol. The highest BCUT2D eigenvalue weighted by Gasteiger charge is 2.25. The summed E-state index contributed by atoms with van der Waals surface area (Å²) in [5.74, 6) is 3.37. The van der Waals surface area contributed by atoms with Crippen molar-refractivity contribution < 1.29 is 4.79 Å². The van der Waals surface area contributed by atoms with Crippen LogP contribution in [-0.2, 0) is 4.79 Å². The first-order valence-corrected chi connectivity index (χ1v) is 6.80. The molecule has 0 atom stereocenters. The van der Waals surface area contributed by atoms with E-state index < -0.39 is 0 Å². The van der Waals surface area contributed by atoms with Crippen LogP contribution in [0.25, 0.3) is 0 Å². The van der Waals surface area contributed by atoms with E-state index in [0.29, 0.717) is 5.92 Å². The smallest absolute Gasteiger partial charge is 0.227 e. The van der Waals surface area contributed by atoms with Crippen LogP contribution >= 0.6 is 0 Å². The lowest BCUT2D eigenvalue weighted by Gasteiger charge is -2.26. The van der Waals surface area contributed by atoms with E-state index in [9.17, 15) is 4.79 Å². The molecule has 0 saturated heterocycles. The maximum atomic E-state index is 12.2. The fourth-order valence-corrected chi connectivity index (χ4v) is 2.59. The van der Waals surface area contributed by atoms with E-state index in [4.69, 9.17) is 12.2 Å². The number of hydrogen-bond donors (Lipinski definition) is 2. The molecule has 0 spiro atoms. The molecular formula is C16H20N2O. The molecule has 1 aliphatic rings. The highest BCUT2D eigenvalue weighted by atomic mass is 16.1. The van der Waals surface area contributed by atoms with Crippen LogP contribution in [0.5, 0.6) is 0 Å². The zero-order chi connectivity index (χ0) is 13.7. The second kappa shape index (κ2) is 6.40. The van der Waals surface area contributed by atoms with E-state index in [1.807, 2.05) is 24.3 Å². The van der Waals surface area contributed by atoms with Crippen LogP contribution in [0.1, 0.15) is 31.2 Å². The molecule has 3 heteroatoms. The SMILES string of the molecule is C#Cc1cccc(NC(=O)C2CCC(CN)CC2)c1. The fourth-order valence-electron chi connectivity index (χ4n) is 2.59. The maximum Gasteiger partial charge on any atom is 0.227 e. The summed E-state index contributed by atoms with van der Waals surface area (Å²) < 4.78 is 0. The Bertz CT molecular complexity index is 482. The minimum absolute atomic E-state index is 0.102. The number of amides is 1. The molecule has 1 amide bonds. The molecule has 0 heterocycles. The molecule has 0 radical (unpaired) electrons. The standard InChI is InChI=1S/C16H20N2O/c1-2-12-4-3-5-15(10-12)18-16(19)14-8-6-13(11-17)7-9-14/h1,3-5,10,13-14H,6-9,11,17H2,(H,18,19). The van der Waals surface area contributed by atoms with Gasteiger partial charge in [-0.3, -0.25) is 4.79 Å². The van der Waals surface area contributed by atoms with E-state index in [1.165, 1.54) is 0 Å². The number of anilines is 1. The van der Waals surface area contributed by atoms with Crippen molar-refractivity contribution in [3.8, 4) is 12.3 Å². The number of nitrogens with one attached hydrogen (secondary N) is 1. The Morgan fingerprint density at radius 1 is 1.37 bits per heavy atom. The maximum absolute atomic E-state index is 12.2. The highest BCUT2D eigenvalue weighted by molar-refractivity contribution is 5.92. The molecule has 0 aromatic heterocycles. The molecule has 2 rings (SSSR count). The molecule has 1 aromatic carbocycles. The first-order chi connectivity index (χ1) is 9.22. The molecule has 1 saturated carbocycles. The van der Waals surface area contributed by atoms with Crippen molar-refractivity contribution >= 4 is 11.6 Å². The third-order valence-electron chi connectivity index (χ3n) is 3.85. The molecule has 3 N–H and O–H groups in total. The quantitative estimate of drug-likeness (QED) is 0.816. The van der Waals surface area contributed by atoms with E-state index in [0.717, 1.165) is 43.5 Å². The topological polar surface area (TPSA) is 55.1 Å². The number of hydrogen-bond acceptors (Lipinski definition) is 2. The van der Waals surface area contributed by atoms with E-state index >= 15 is 0 Å². The summed E-state index contributed by atoms with van der Waals surface area (Å²) in [7, 11) is 0. The summed E-state index contributed by atoms with van der Waals surface area (Å²) in [6.07, 6.45) is 9.32. The third-order valence-corrected chi connectivity index (χ3v) is 3.85. The molecule has 1 aliphatic carbocycles. The normalized spacial score (nSPS) is 22.5. The summed E-state index contributed by atoms with van der Waals surface area (Å²) in [5, 5.41) is 2.95. The molecule has 1 fully saturated rings. The lowest BCUT2D eigenvalue weighted by atomic mass is 9.81. The molecule has 1 aromatic rings. The summed E-state index contributed by atoms with van der Waals surface area (Å²) in [5.41, 5.74) is 7.22. The molecule has 0 bridgehead atoms. The van der Waals surface area contributed by atoms with Gasteiger partial charge in [0.25, 0.3) is 0 Å². The number of terminal acetylenes is 1. The number of carbonyl (C=O) groups excluding carboxylic acids is 1. The van der Waals surface area contributed by atoms with Crippen molar-refractivity contribution in [2.75, 3.05) is 11.9 Å². The average Bonchev–Trinajstić information content (AvgIpc) is 2.47. The van der Waals surface area contributed by atoms with Crippen LogP contribution in [0.3, 0.4) is 0 Å². The number of carbonyl (C=O) groups is 1. The zero-order valence-corrected chi connectivity index (χ0v) is 11.1. The third kappa shape index (κ3) is 3.59. The van der Waals surface area contributed by atoms with Crippen LogP contribution in [-0.4, -0.2) is 12.5 Å². The fraction of sp³-hybridized carbons (Fsp3) is 0.438. The Morgan fingerprint density at radius 3 is 2.74 bits per heavy atom. The van der Waals surface area contributed by atoms with Gasteiger partial charge >= 0.3 is 0 Å². The molecular weight excluding hydrogens is 236 g/mol. The molecule has 19 heavy (non-hydrogen) atoms. The van der Waals surface area contributed by atoms with Gasteiger partial charge in [0.1, 0.15) is 0 Å². The van der Waals surface area contributed by atoms with Crippen molar-refractivity contribution in [2.24, 2.45) is 17.6 Å². The van der Waals surface area contributed by atoms with Crippen LogP contribution in [0.4, 0.5) is 5.69 Å². The second-order valence-electron chi connectivity index (χ2n) is 5.17. The molecule has 3 nitrogen and oxygen atoms in total. The summed E-state index contributed by atoms with van der Waals surface area (Å²) >= 11 is 0. The Balaban J connectivity index is 1.92. The van der Waals surface area contributed by atoms with Gasteiger partial charge in [-0.15, -0.1) is 6.42 Å². The van der Waals surface area contributed by atoms with Crippen molar-refractivity contribution in [1.29, 1.82) is 0 Å². The summed E-state index contributed by atoms with van der Waals surface area (Å²) in [6, 6.07) is 7.39. The minimum Gasteiger partial charge on any atom is -0.330 e. The van der Waals surface area contributed by atoms with Crippen LogP contribution in [0, 0.1) is 24.2 Å². The van der Waals surface area contributed by atoms with Crippen LogP contribution < -0.4 is 11.1 Å². The first kappa shape index (κ1) is 13.6. The number of nitrogens with two attached hydrogens (primary N) is 1. The lowest BCUT2D eigenvalue weighted by molar-refractivity contribution is -0.121. The van der Waals surface area contributed by atoms with E-state index in [-0.39, 0.29) is 11.8 Å². The molecule has 0 unspecified atom stereocenters. The lowest BCUT2D eigenvalue weighted by Crippen LogP contribution is -2.29. The van der Waals surface area contributed by atoms with Gasteiger partial charge in [-0.2, -0.15) is 0 Å². The van der Waals surface area contributed by atoms with Gasteiger partial charge in [0.15, 0.2) is 0 Å². The predicted molar refractivity (Wildman–Crippen MR) is 77.5 cm³/mol. The Kier molecular flexibility index (Phi) is 4.59. The van der Waals surface area contributed by atoms with Crippen molar-refractivity contribution in [1.82, 2.24) is 0 Å². The van der Waals surface area contributed by atoms with E-state index in [2.05, 4.69) is 11.2 Å². The molecule has 100 valence electrons. The van der Waals surface area contributed by atoms with Crippen LogP contribution in [0.15, 0.2) is 24.3 Å². The summed E-state index contributed by atoms with van der Waals surface area (Å²) in [6.45, 7) is 0.735. The van der Waals surface area contributed by atoms with Crippen molar-refractivity contribution in [3.05, 3.63) is 29.8 Å². The largest absolute Gasteiger partial charge is 0.330 e. The van der Waals surface area contributed by atoms with Gasteiger partial charge in [0.2, 0.25) is 5.91 Å². The minimum atomic E-state index is 0.102. The van der Waals surface area contributed by atoms with Crippen LogP contribution in [0.2, 0.25) is 0 Å². The van der Waals surface area contributed by atoms with Crippen molar-refractivity contribution in [3.63, 3.8) is 0 Å². The number of rotatable bonds is 3. The van der Waals surface area contributed by atoms with Gasteiger partial charge < -0.3 is 11.1 Å². The van der Waals surface area contributed by atoms with Crippen molar-refractivity contribution in [2.45, 2.75) is 25.7 Å². The van der Waals surface area contributed by atoms with Gasteiger partial charge in [-0.25, -0.2) is 0 Å². The Labute approximate surface area is 114 Å². The first-order valence-electron chi connectivity index (χ1n) is 6.80. The van der Waals surface area contributed by atoms with Gasteiger partial charge in [0, 0.05) is 17.2 Å². The highest BCUT2D eigenvalue weighted by Crippen LogP contribution is 2.29. The van der Waals surface area contributed by atoms with Gasteiger partial charge in [-0.05, 0) is 56.3 Å². The Morgan fingerprint density at radius 2 is 2.11 bits per heavy atom. The van der Waals surface area contributed by atoms with Gasteiger partial charge in [0.05, 0.1) is 0 Å². The molecule has 0 aliphatic heterocycles. The second-order valence-corrected chi connectivity index (χ2v) is 5.17. The number of benzene rings is 1. The Hall–Kier alpha value is -1.79. The van der Waals surface area contributed by atoms with Gasteiger partial charge in [-0.1, -0.05) is 12.0 Å².